The van der Waals surface area contributed by atoms with Crippen molar-refractivity contribution in [1.82, 2.24) is 19.5 Å². The number of likely N-dealkylation sites (tertiary alicyclic amines) is 1. The van der Waals surface area contributed by atoms with E-state index in [1.807, 2.05) is 42.2 Å². The van der Waals surface area contributed by atoms with Crippen molar-refractivity contribution in [3.63, 3.8) is 0 Å². The molecule has 0 saturated carbocycles. The van der Waals surface area contributed by atoms with Crippen molar-refractivity contribution in [2.75, 3.05) is 13.1 Å². The van der Waals surface area contributed by atoms with Crippen LogP contribution >= 0.6 is 0 Å². The first-order valence-corrected chi connectivity index (χ1v) is 8.58. The molecular formula is C19H20N4O2. The third-order valence-electron chi connectivity index (χ3n) is 4.84. The number of hydrogen-bond donors (Lipinski definition) is 1. The summed E-state index contributed by atoms with van der Waals surface area (Å²) >= 11 is 0. The summed E-state index contributed by atoms with van der Waals surface area (Å²) in [6.45, 7) is 3.52. The molecule has 1 aliphatic rings. The molecule has 0 radical (unpaired) electrons. The van der Waals surface area contributed by atoms with Gasteiger partial charge in [-0.1, -0.05) is 30.3 Å². The molecule has 128 valence electrons. The Morgan fingerprint density at radius 3 is 2.68 bits per heavy atom. The zero-order valence-corrected chi connectivity index (χ0v) is 14.2. The lowest BCUT2D eigenvalue weighted by Gasteiger charge is -2.30. The van der Waals surface area contributed by atoms with Gasteiger partial charge < -0.3 is 4.90 Å². The summed E-state index contributed by atoms with van der Waals surface area (Å²) in [5.74, 6) is 0.117. The van der Waals surface area contributed by atoms with Crippen LogP contribution in [0.5, 0.6) is 0 Å². The summed E-state index contributed by atoms with van der Waals surface area (Å²) in [7, 11) is 0. The maximum atomic E-state index is 12.8. The summed E-state index contributed by atoms with van der Waals surface area (Å²) in [4.78, 5) is 31.4. The van der Waals surface area contributed by atoms with Gasteiger partial charge in [0.15, 0.2) is 5.65 Å². The smallest absolute Gasteiger partial charge is 0.276 e. The molecule has 1 N–H and O–H groups in total. The van der Waals surface area contributed by atoms with Crippen LogP contribution in [0.4, 0.5) is 0 Å². The van der Waals surface area contributed by atoms with Crippen LogP contribution in [0.3, 0.4) is 0 Å². The van der Waals surface area contributed by atoms with Crippen molar-refractivity contribution < 1.29 is 4.79 Å². The Kier molecular flexibility index (Phi) is 3.87. The molecule has 0 unspecified atom stereocenters. The predicted molar refractivity (Wildman–Crippen MR) is 95.5 cm³/mol. The Bertz CT molecular complexity index is 984. The number of benzene rings is 1. The third-order valence-corrected chi connectivity index (χ3v) is 4.84. The first-order valence-electron chi connectivity index (χ1n) is 8.58. The van der Waals surface area contributed by atoms with Crippen LogP contribution in [-0.2, 0) is 11.2 Å². The van der Waals surface area contributed by atoms with Crippen LogP contribution in [0.15, 0.2) is 41.3 Å². The lowest BCUT2D eigenvalue weighted by molar-refractivity contribution is -0.134. The first-order chi connectivity index (χ1) is 12.1. The maximum absolute atomic E-state index is 12.8. The zero-order valence-electron chi connectivity index (χ0n) is 14.2. The van der Waals surface area contributed by atoms with E-state index in [0.717, 1.165) is 30.6 Å². The molecule has 4 rings (SSSR count). The van der Waals surface area contributed by atoms with Crippen LogP contribution in [0.2, 0.25) is 0 Å². The minimum absolute atomic E-state index is 0.117. The number of rotatable bonds is 4. The summed E-state index contributed by atoms with van der Waals surface area (Å²) in [5.41, 5.74) is 3.69. The number of fused-ring (bicyclic) bond motifs is 1. The predicted octanol–water partition coefficient (Wildman–Crippen LogP) is 2.16. The molecule has 1 amide bonds. The fraction of sp³-hybridized carbons (Fsp3) is 0.316. The standard InChI is InChI=1S/C19H20N4O2/c1-13-15(8-9-17(24)22-10-5-11-22)19(25)23-18(21-13)16(12-20-23)14-6-3-2-4-7-14/h2-4,6-7,12,20H,5,8-11H2,1H3. The van der Waals surface area contributed by atoms with Gasteiger partial charge in [0, 0.05) is 42.5 Å². The van der Waals surface area contributed by atoms with Gasteiger partial charge in [0.1, 0.15) is 0 Å². The van der Waals surface area contributed by atoms with Crippen molar-refractivity contribution in [1.29, 1.82) is 0 Å². The Labute approximate surface area is 145 Å². The minimum Gasteiger partial charge on any atom is -0.343 e. The van der Waals surface area contributed by atoms with Crippen molar-refractivity contribution in [2.24, 2.45) is 0 Å². The number of hydrogen-bond acceptors (Lipinski definition) is 3. The second-order valence-electron chi connectivity index (χ2n) is 6.43. The van der Waals surface area contributed by atoms with Crippen LogP contribution in [0.25, 0.3) is 16.8 Å². The molecule has 6 heteroatoms. The van der Waals surface area contributed by atoms with E-state index in [9.17, 15) is 9.59 Å². The molecule has 1 aliphatic heterocycles. The number of nitrogens with zero attached hydrogens (tertiary/aromatic N) is 3. The van der Waals surface area contributed by atoms with Gasteiger partial charge in [0.05, 0.1) is 0 Å². The number of aromatic nitrogens is 3. The van der Waals surface area contributed by atoms with Crippen LogP contribution in [0.1, 0.15) is 24.1 Å². The molecule has 1 saturated heterocycles. The normalized spacial score (nSPS) is 13.9. The lowest BCUT2D eigenvalue weighted by Crippen LogP contribution is -2.42. The van der Waals surface area contributed by atoms with E-state index >= 15 is 0 Å². The highest BCUT2D eigenvalue weighted by molar-refractivity contribution is 5.78. The van der Waals surface area contributed by atoms with Crippen molar-refractivity contribution in [3.8, 4) is 11.1 Å². The molecule has 0 aliphatic carbocycles. The number of amides is 1. The van der Waals surface area contributed by atoms with Crippen molar-refractivity contribution in [3.05, 3.63) is 58.1 Å². The van der Waals surface area contributed by atoms with Gasteiger partial charge >= 0.3 is 0 Å². The summed E-state index contributed by atoms with van der Waals surface area (Å²) in [6, 6.07) is 9.85. The summed E-state index contributed by atoms with van der Waals surface area (Å²) in [6.07, 6.45) is 3.66. The number of carbonyl (C=O) groups excluding carboxylic acids is 1. The average molecular weight is 336 g/mol. The second kappa shape index (κ2) is 6.20. The highest BCUT2D eigenvalue weighted by Gasteiger charge is 2.21. The maximum Gasteiger partial charge on any atom is 0.276 e. The Hall–Kier alpha value is -2.89. The molecular weight excluding hydrogens is 316 g/mol. The van der Waals surface area contributed by atoms with E-state index in [1.165, 1.54) is 4.52 Å². The Morgan fingerprint density at radius 2 is 2.00 bits per heavy atom. The van der Waals surface area contributed by atoms with E-state index in [1.54, 1.807) is 6.20 Å². The third kappa shape index (κ3) is 2.73. The number of H-pyrrole nitrogens is 1. The highest BCUT2D eigenvalue weighted by atomic mass is 16.2. The minimum atomic E-state index is -0.124. The SMILES string of the molecule is Cc1nc2c(-c3ccccc3)c[nH]n2c(=O)c1CCC(=O)N1CCC1. The van der Waals surface area contributed by atoms with Gasteiger partial charge in [-0.25, -0.2) is 9.50 Å². The van der Waals surface area contributed by atoms with E-state index < -0.39 is 0 Å². The van der Waals surface area contributed by atoms with E-state index in [2.05, 4.69) is 10.1 Å². The van der Waals surface area contributed by atoms with Gasteiger partial charge in [-0.15, -0.1) is 0 Å². The van der Waals surface area contributed by atoms with E-state index in [4.69, 9.17) is 0 Å². The number of aromatic amines is 1. The van der Waals surface area contributed by atoms with Crippen LogP contribution < -0.4 is 5.56 Å². The molecule has 3 aromatic rings. The largest absolute Gasteiger partial charge is 0.343 e. The summed E-state index contributed by atoms with van der Waals surface area (Å²) in [5, 5.41) is 3.00. The molecule has 6 nitrogen and oxygen atoms in total. The van der Waals surface area contributed by atoms with Gasteiger partial charge in [-0.2, -0.15) is 0 Å². The molecule has 1 aromatic carbocycles. The van der Waals surface area contributed by atoms with Gasteiger partial charge in [0.25, 0.3) is 5.56 Å². The topological polar surface area (TPSA) is 70.5 Å². The molecule has 1 fully saturated rings. The van der Waals surface area contributed by atoms with Gasteiger partial charge in [-0.05, 0) is 25.3 Å². The fourth-order valence-corrected chi connectivity index (χ4v) is 3.23. The quantitative estimate of drug-likeness (QED) is 0.794. The van der Waals surface area contributed by atoms with E-state index in [-0.39, 0.29) is 11.5 Å². The van der Waals surface area contributed by atoms with Crippen molar-refractivity contribution in [2.45, 2.75) is 26.2 Å². The molecule has 25 heavy (non-hydrogen) atoms. The Balaban J connectivity index is 1.68. The van der Waals surface area contributed by atoms with Crippen molar-refractivity contribution >= 4 is 11.6 Å². The number of aryl methyl sites for hydroxylation is 1. The van der Waals surface area contributed by atoms with Gasteiger partial charge in [-0.3, -0.25) is 14.7 Å². The highest BCUT2D eigenvalue weighted by Crippen LogP contribution is 2.22. The monoisotopic (exact) mass is 336 g/mol. The average Bonchev–Trinajstić information content (AvgIpc) is 2.97. The molecule has 0 spiro atoms. The number of carbonyl (C=O) groups is 1. The molecule has 0 atom stereocenters. The molecule has 3 heterocycles. The fourth-order valence-electron chi connectivity index (χ4n) is 3.23. The van der Waals surface area contributed by atoms with E-state index in [0.29, 0.717) is 29.7 Å². The lowest BCUT2D eigenvalue weighted by atomic mass is 10.1. The van der Waals surface area contributed by atoms with Crippen LogP contribution in [0, 0.1) is 6.92 Å². The van der Waals surface area contributed by atoms with Crippen LogP contribution in [-0.4, -0.2) is 38.5 Å². The second-order valence-corrected chi connectivity index (χ2v) is 6.43. The molecule has 0 bridgehead atoms. The first kappa shape index (κ1) is 15.6. The molecule has 2 aromatic heterocycles. The summed E-state index contributed by atoms with van der Waals surface area (Å²) < 4.78 is 1.47. The zero-order chi connectivity index (χ0) is 17.4. The number of nitrogens with one attached hydrogen (secondary N) is 1. The Morgan fingerprint density at radius 1 is 1.24 bits per heavy atom. The van der Waals surface area contributed by atoms with Gasteiger partial charge in [0.2, 0.25) is 5.91 Å².